The van der Waals surface area contributed by atoms with Gasteiger partial charge in [-0.25, -0.2) is 0 Å². The summed E-state index contributed by atoms with van der Waals surface area (Å²) < 4.78 is 39.3. The lowest BCUT2D eigenvalue weighted by atomic mass is 10.1. The predicted molar refractivity (Wildman–Crippen MR) is 113 cm³/mol. The van der Waals surface area contributed by atoms with Crippen LogP contribution in [-0.4, -0.2) is 21.8 Å². The van der Waals surface area contributed by atoms with E-state index in [1.807, 2.05) is 24.3 Å². The molecular formula is C21H14F3N3O3S. The van der Waals surface area contributed by atoms with Gasteiger partial charge in [-0.05, 0) is 30.3 Å². The first-order chi connectivity index (χ1) is 14.7. The van der Waals surface area contributed by atoms with E-state index in [9.17, 15) is 27.9 Å². The number of fused-ring (bicyclic) bond motifs is 1. The number of amides is 1. The Hall–Kier alpha value is -3.66. The Kier molecular flexibility index (Phi) is 5.24. The van der Waals surface area contributed by atoms with E-state index in [0.717, 1.165) is 45.4 Å². The van der Waals surface area contributed by atoms with Crippen LogP contribution < -0.4 is 10.2 Å². The van der Waals surface area contributed by atoms with Crippen molar-refractivity contribution < 1.29 is 23.1 Å². The number of anilines is 1. The third kappa shape index (κ3) is 4.29. The third-order valence-corrected chi connectivity index (χ3v) is 5.43. The van der Waals surface area contributed by atoms with Crippen molar-refractivity contribution in [2.45, 2.75) is 12.7 Å². The molecule has 0 unspecified atom stereocenters. The van der Waals surface area contributed by atoms with E-state index >= 15 is 0 Å². The molecule has 2 N–H and O–H groups in total. The van der Waals surface area contributed by atoms with Gasteiger partial charge in [0, 0.05) is 23.0 Å². The fraction of sp³-hybridized carbons (Fsp3) is 0.0952. The van der Waals surface area contributed by atoms with Gasteiger partial charge in [0.1, 0.15) is 6.54 Å². The molecule has 0 bridgehead atoms. The number of halogens is 3. The number of thiazole rings is 1. The van der Waals surface area contributed by atoms with Crippen molar-refractivity contribution in [3.8, 4) is 5.88 Å². The predicted octanol–water partition coefficient (Wildman–Crippen LogP) is 4.53. The number of allylic oxidation sites excluding steroid dienone is 1. The number of alkyl halides is 3. The largest absolute Gasteiger partial charge is 0.493 e. The van der Waals surface area contributed by atoms with Crippen LogP contribution in [0.15, 0.2) is 58.3 Å². The van der Waals surface area contributed by atoms with Crippen molar-refractivity contribution in [2.24, 2.45) is 4.99 Å². The molecule has 0 saturated heterocycles. The number of aromatic hydroxyl groups is 1. The van der Waals surface area contributed by atoms with E-state index < -0.39 is 34.9 Å². The highest BCUT2D eigenvalue weighted by atomic mass is 32.1. The summed E-state index contributed by atoms with van der Waals surface area (Å²) in [5.74, 6) is -1.15. The molecule has 2 aromatic carbocycles. The number of carbonyl (C=O) groups is 1. The monoisotopic (exact) mass is 445 g/mol. The van der Waals surface area contributed by atoms with Crippen LogP contribution in [-0.2, 0) is 17.5 Å². The molecule has 158 valence electrons. The fourth-order valence-electron chi connectivity index (χ4n) is 3.06. The highest BCUT2D eigenvalue weighted by molar-refractivity contribution is 7.10. The van der Waals surface area contributed by atoms with Gasteiger partial charge in [0.2, 0.25) is 11.8 Å². The van der Waals surface area contributed by atoms with Crippen molar-refractivity contribution in [1.29, 1.82) is 0 Å². The summed E-state index contributed by atoms with van der Waals surface area (Å²) in [6.07, 6.45) is -1.34. The summed E-state index contributed by atoms with van der Waals surface area (Å²) in [5, 5.41) is 12.8. The van der Waals surface area contributed by atoms with Gasteiger partial charge < -0.3 is 10.4 Å². The summed E-state index contributed by atoms with van der Waals surface area (Å²) in [4.78, 5) is 28.5. The molecule has 0 atom stereocenters. The second kappa shape index (κ2) is 7.88. The van der Waals surface area contributed by atoms with Gasteiger partial charge in [-0.15, -0.1) is 0 Å². The van der Waals surface area contributed by atoms with Gasteiger partial charge >= 0.3 is 11.0 Å². The summed E-state index contributed by atoms with van der Waals surface area (Å²) in [6.45, 7) is -0.550. The molecule has 1 aliphatic rings. The maximum Gasteiger partial charge on any atom is 0.416 e. The van der Waals surface area contributed by atoms with Crippen LogP contribution in [0.2, 0.25) is 0 Å². The zero-order valence-corrected chi connectivity index (χ0v) is 16.5. The number of rotatable bonds is 4. The number of hydrogen-bond donors (Lipinski definition) is 2. The lowest BCUT2D eigenvalue weighted by Gasteiger charge is -2.10. The van der Waals surface area contributed by atoms with Crippen LogP contribution in [0.1, 0.15) is 16.0 Å². The van der Waals surface area contributed by atoms with Gasteiger partial charge in [0.05, 0.1) is 16.1 Å². The van der Waals surface area contributed by atoms with Crippen LogP contribution in [0.5, 0.6) is 5.88 Å². The van der Waals surface area contributed by atoms with E-state index in [1.165, 1.54) is 6.07 Å². The number of aromatic nitrogens is 1. The molecule has 0 radical (unpaired) electrons. The Labute approximate surface area is 177 Å². The second-order valence-corrected chi connectivity index (χ2v) is 7.64. The number of carbonyl (C=O) groups excluding carboxylic acids is 1. The van der Waals surface area contributed by atoms with Gasteiger partial charge in [-0.3, -0.25) is 19.1 Å². The zero-order chi connectivity index (χ0) is 22.2. The van der Waals surface area contributed by atoms with E-state index in [4.69, 9.17) is 0 Å². The Morgan fingerprint density at radius 3 is 2.74 bits per heavy atom. The van der Waals surface area contributed by atoms with E-state index in [1.54, 1.807) is 12.3 Å². The molecule has 1 amide bonds. The van der Waals surface area contributed by atoms with Crippen LogP contribution in [0.4, 0.5) is 24.5 Å². The van der Waals surface area contributed by atoms with Crippen LogP contribution in [0.3, 0.4) is 0 Å². The lowest BCUT2D eigenvalue weighted by Crippen LogP contribution is -2.24. The molecular weight excluding hydrogens is 431 g/mol. The van der Waals surface area contributed by atoms with Crippen LogP contribution in [0.25, 0.3) is 11.6 Å². The average molecular weight is 445 g/mol. The maximum atomic E-state index is 12.8. The number of para-hydroxylation sites is 1. The quantitative estimate of drug-likeness (QED) is 0.619. The molecule has 1 aromatic heterocycles. The zero-order valence-electron chi connectivity index (χ0n) is 15.7. The molecule has 31 heavy (non-hydrogen) atoms. The SMILES string of the molecule is O=C(Cn1c(O)c(/C=C2/C=Nc3ccccc32)sc1=O)Nc1cccc(C(F)(F)F)c1. The number of hydrogen-bond acceptors (Lipinski definition) is 5. The number of aliphatic imine (C=N–C) groups is 1. The molecule has 0 saturated carbocycles. The van der Waals surface area contributed by atoms with Gasteiger partial charge in [0.15, 0.2) is 0 Å². The normalized spacial score (nSPS) is 14.1. The van der Waals surface area contributed by atoms with E-state index in [2.05, 4.69) is 10.3 Å². The molecule has 3 aromatic rings. The number of benzene rings is 2. The Morgan fingerprint density at radius 2 is 1.97 bits per heavy atom. The van der Waals surface area contributed by atoms with E-state index in [-0.39, 0.29) is 10.6 Å². The molecule has 4 rings (SSSR count). The fourth-order valence-corrected chi connectivity index (χ4v) is 3.90. The summed E-state index contributed by atoms with van der Waals surface area (Å²) in [5.41, 5.74) is 1.33. The van der Waals surface area contributed by atoms with Crippen molar-refractivity contribution in [3.63, 3.8) is 0 Å². The van der Waals surface area contributed by atoms with Gasteiger partial charge in [-0.1, -0.05) is 35.6 Å². The average Bonchev–Trinajstić information content (AvgIpc) is 3.24. The maximum absolute atomic E-state index is 12.8. The number of nitrogens with one attached hydrogen (secondary N) is 1. The van der Waals surface area contributed by atoms with Crippen molar-refractivity contribution in [1.82, 2.24) is 4.57 Å². The van der Waals surface area contributed by atoms with Crippen LogP contribution >= 0.6 is 11.3 Å². The smallest absolute Gasteiger partial charge is 0.416 e. The van der Waals surface area contributed by atoms with Crippen molar-refractivity contribution in [2.75, 3.05) is 5.32 Å². The minimum atomic E-state index is -4.55. The van der Waals surface area contributed by atoms with Crippen molar-refractivity contribution >= 4 is 46.5 Å². The first-order valence-corrected chi connectivity index (χ1v) is 9.79. The Bertz CT molecular complexity index is 1290. The molecule has 0 spiro atoms. The minimum absolute atomic E-state index is 0.0660. The molecule has 10 heteroatoms. The summed E-state index contributed by atoms with van der Waals surface area (Å²) in [7, 11) is 0. The first-order valence-electron chi connectivity index (χ1n) is 8.97. The minimum Gasteiger partial charge on any atom is -0.493 e. The van der Waals surface area contributed by atoms with Crippen molar-refractivity contribution in [3.05, 3.63) is 74.2 Å². The Morgan fingerprint density at radius 1 is 1.19 bits per heavy atom. The summed E-state index contributed by atoms with van der Waals surface area (Å²) >= 11 is 0.747. The highest BCUT2D eigenvalue weighted by Crippen LogP contribution is 2.34. The second-order valence-electron chi connectivity index (χ2n) is 6.64. The highest BCUT2D eigenvalue weighted by Gasteiger charge is 2.30. The van der Waals surface area contributed by atoms with Gasteiger partial charge in [0.25, 0.3) is 0 Å². The van der Waals surface area contributed by atoms with Gasteiger partial charge in [-0.2, -0.15) is 13.2 Å². The third-order valence-electron chi connectivity index (χ3n) is 4.51. The molecule has 2 heterocycles. The number of nitrogens with zero attached hydrogens (tertiary/aromatic N) is 2. The van der Waals surface area contributed by atoms with Crippen LogP contribution in [0, 0.1) is 0 Å². The summed E-state index contributed by atoms with van der Waals surface area (Å²) in [6, 6.07) is 11.5. The topological polar surface area (TPSA) is 83.7 Å². The Balaban J connectivity index is 1.54. The molecule has 1 aliphatic heterocycles. The molecule has 0 aliphatic carbocycles. The van der Waals surface area contributed by atoms with E-state index in [0.29, 0.717) is 5.57 Å². The lowest BCUT2D eigenvalue weighted by molar-refractivity contribution is -0.137. The first kappa shape index (κ1) is 20.6. The molecule has 6 nitrogen and oxygen atoms in total. The standard InChI is InChI=1S/C21H14F3N3O3S/c22-21(23,24)13-4-3-5-14(9-13)26-18(28)11-27-19(29)17(31-20(27)30)8-12-10-25-16-7-2-1-6-15(12)16/h1-10,29H,11H2,(H,26,28)/b12-8-. The molecule has 0 fully saturated rings.